The highest BCUT2D eigenvalue weighted by molar-refractivity contribution is 5.61. The van der Waals surface area contributed by atoms with Crippen molar-refractivity contribution in [1.29, 1.82) is 0 Å². The van der Waals surface area contributed by atoms with Crippen LogP contribution in [-0.4, -0.2) is 18.3 Å². The van der Waals surface area contributed by atoms with Crippen molar-refractivity contribution in [2.45, 2.75) is 13.0 Å². The van der Waals surface area contributed by atoms with Crippen LogP contribution in [0.15, 0.2) is 47.3 Å². The lowest BCUT2D eigenvalue weighted by Crippen LogP contribution is -2.24. The van der Waals surface area contributed by atoms with Gasteiger partial charge in [-0.2, -0.15) is 0 Å². The molecular weight excluding hydrogens is 240 g/mol. The van der Waals surface area contributed by atoms with E-state index in [1.807, 2.05) is 36.4 Å². The highest BCUT2D eigenvalue weighted by Crippen LogP contribution is 2.18. The van der Waals surface area contributed by atoms with E-state index in [1.54, 1.807) is 17.7 Å². The molecule has 100 valence electrons. The first-order valence-electron chi connectivity index (χ1n) is 6.27. The molecule has 1 heterocycles. The van der Waals surface area contributed by atoms with Gasteiger partial charge in [-0.15, -0.1) is 0 Å². The van der Waals surface area contributed by atoms with E-state index in [0.29, 0.717) is 13.2 Å². The maximum Gasteiger partial charge on any atom is 0.274 e. The Kier molecular flexibility index (Phi) is 4.36. The maximum atomic E-state index is 12.2. The number of hydrogen-bond acceptors (Lipinski definition) is 3. The fourth-order valence-electron chi connectivity index (χ4n) is 2.05. The molecule has 0 spiro atoms. The summed E-state index contributed by atoms with van der Waals surface area (Å²) < 4.78 is 6.74. The zero-order valence-electron chi connectivity index (χ0n) is 11.0. The van der Waals surface area contributed by atoms with E-state index < -0.39 is 0 Å². The van der Waals surface area contributed by atoms with Crippen LogP contribution in [0.25, 0.3) is 11.3 Å². The third kappa shape index (κ3) is 3.03. The van der Waals surface area contributed by atoms with Crippen LogP contribution in [0.5, 0.6) is 0 Å². The lowest BCUT2D eigenvalue weighted by Gasteiger charge is -2.13. The summed E-state index contributed by atoms with van der Waals surface area (Å²) in [7, 11) is 1.65. The van der Waals surface area contributed by atoms with Crippen LogP contribution in [-0.2, 0) is 11.3 Å². The van der Waals surface area contributed by atoms with E-state index in [9.17, 15) is 4.79 Å². The van der Waals surface area contributed by atoms with Gasteiger partial charge in [-0.05, 0) is 24.1 Å². The average molecular weight is 258 g/mol. The van der Waals surface area contributed by atoms with Gasteiger partial charge in [0.2, 0.25) is 0 Å². The number of nitrogens with two attached hydrogens (primary N) is 1. The largest absolute Gasteiger partial charge is 0.394 e. The zero-order chi connectivity index (χ0) is 13.7. The van der Waals surface area contributed by atoms with Crippen LogP contribution in [0.4, 0.5) is 5.69 Å². The van der Waals surface area contributed by atoms with Crippen molar-refractivity contribution >= 4 is 5.69 Å². The molecule has 0 saturated carbocycles. The molecule has 0 radical (unpaired) electrons. The summed E-state index contributed by atoms with van der Waals surface area (Å²) in [5.74, 6) is 0. The minimum Gasteiger partial charge on any atom is -0.394 e. The smallest absolute Gasteiger partial charge is 0.274 e. The second-order valence-electron chi connectivity index (χ2n) is 4.34. The standard InChI is InChI=1S/C15H18N2O2/c1-19-11-5-10-17-14(9-8-13(16)15(17)18)12-6-3-2-4-7-12/h2-4,6-9H,5,10-11,16H2,1H3. The third-order valence-corrected chi connectivity index (χ3v) is 3.00. The molecule has 0 atom stereocenters. The Labute approximate surface area is 112 Å². The molecule has 0 saturated heterocycles. The van der Waals surface area contributed by atoms with Gasteiger partial charge in [-0.3, -0.25) is 4.79 Å². The fraction of sp³-hybridized carbons (Fsp3) is 0.267. The van der Waals surface area contributed by atoms with Crippen molar-refractivity contribution in [3.8, 4) is 11.3 Å². The number of nitrogens with zero attached hydrogens (tertiary/aromatic N) is 1. The van der Waals surface area contributed by atoms with E-state index in [1.165, 1.54) is 0 Å². The average Bonchev–Trinajstić information content (AvgIpc) is 2.45. The molecule has 2 aromatic rings. The van der Waals surface area contributed by atoms with Gasteiger partial charge in [-0.25, -0.2) is 0 Å². The van der Waals surface area contributed by atoms with Crippen LogP contribution in [0, 0.1) is 0 Å². The number of anilines is 1. The first kappa shape index (κ1) is 13.4. The number of nitrogen functional groups attached to an aromatic ring is 1. The van der Waals surface area contributed by atoms with Gasteiger partial charge in [0.25, 0.3) is 5.56 Å². The van der Waals surface area contributed by atoms with Gasteiger partial charge in [0.05, 0.1) is 11.4 Å². The number of ether oxygens (including phenoxy) is 1. The quantitative estimate of drug-likeness (QED) is 0.836. The molecular formula is C15H18N2O2. The predicted molar refractivity (Wildman–Crippen MR) is 77.0 cm³/mol. The fourth-order valence-corrected chi connectivity index (χ4v) is 2.05. The highest BCUT2D eigenvalue weighted by atomic mass is 16.5. The minimum absolute atomic E-state index is 0.141. The number of aromatic nitrogens is 1. The molecule has 0 fully saturated rings. The molecule has 0 aliphatic rings. The molecule has 19 heavy (non-hydrogen) atoms. The SMILES string of the molecule is COCCCn1c(-c2ccccc2)ccc(N)c1=O. The Morgan fingerprint density at radius 3 is 2.58 bits per heavy atom. The summed E-state index contributed by atoms with van der Waals surface area (Å²) in [6, 6.07) is 13.4. The summed E-state index contributed by atoms with van der Waals surface area (Å²) in [5.41, 5.74) is 7.74. The van der Waals surface area contributed by atoms with Crippen molar-refractivity contribution in [3.63, 3.8) is 0 Å². The number of hydrogen-bond donors (Lipinski definition) is 1. The molecule has 0 aliphatic heterocycles. The summed E-state index contributed by atoms with van der Waals surface area (Å²) in [6.07, 6.45) is 0.777. The molecule has 4 nitrogen and oxygen atoms in total. The van der Waals surface area contributed by atoms with Crippen molar-refractivity contribution < 1.29 is 4.74 Å². The predicted octanol–water partition coefficient (Wildman–Crippen LogP) is 2.13. The zero-order valence-corrected chi connectivity index (χ0v) is 11.0. The normalized spacial score (nSPS) is 10.6. The number of methoxy groups -OCH3 is 1. The van der Waals surface area contributed by atoms with Crippen LogP contribution in [0.3, 0.4) is 0 Å². The molecule has 0 aliphatic carbocycles. The van der Waals surface area contributed by atoms with E-state index >= 15 is 0 Å². The van der Waals surface area contributed by atoms with E-state index in [0.717, 1.165) is 17.7 Å². The van der Waals surface area contributed by atoms with Crippen molar-refractivity contribution in [3.05, 3.63) is 52.8 Å². The Balaban J connectivity index is 2.43. The molecule has 0 bridgehead atoms. The Bertz CT molecular complexity index is 591. The van der Waals surface area contributed by atoms with E-state index in [-0.39, 0.29) is 11.2 Å². The van der Waals surface area contributed by atoms with Gasteiger partial charge < -0.3 is 15.0 Å². The Morgan fingerprint density at radius 1 is 1.16 bits per heavy atom. The Hall–Kier alpha value is -2.07. The molecule has 1 aromatic heterocycles. The summed E-state index contributed by atoms with van der Waals surface area (Å²) in [4.78, 5) is 12.2. The molecule has 0 unspecified atom stereocenters. The summed E-state index contributed by atoms with van der Waals surface area (Å²) in [5, 5.41) is 0. The first-order chi connectivity index (χ1) is 9.24. The van der Waals surface area contributed by atoms with Gasteiger partial charge in [0, 0.05) is 20.3 Å². The number of rotatable bonds is 5. The van der Waals surface area contributed by atoms with Crippen molar-refractivity contribution in [2.24, 2.45) is 0 Å². The van der Waals surface area contributed by atoms with Crippen LogP contribution in [0.1, 0.15) is 6.42 Å². The lowest BCUT2D eigenvalue weighted by molar-refractivity contribution is 0.190. The summed E-state index contributed by atoms with van der Waals surface area (Å²) in [6.45, 7) is 1.22. The minimum atomic E-state index is -0.141. The monoisotopic (exact) mass is 258 g/mol. The topological polar surface area (TPSA) is 57.2 Å². The van der Waals surface area contributed by atoms with Crippen LogP contribution >= 0.6 is 0 Å². The van der Waals surface area contributed by atoms with Crippen LogP contribution in [0.2, 0.25) is 0 Å². The Morgan fingerprint density at radius 2 is 1.89 bits per heavy atom. The van der Waals surface area contributed by atoms with Gasteiger partial charge >= 0.3 is 0 Å². The van der Waals surface area contributed by atoms with E-state index in [2.05, 4.69) is 0 Å². The number of benzene rings is 1. The number of pyridine rings is 1. The molecule has 0 amide bonds. The maximum absolute atomic E-state index is 12.2. The lowest BCUT2D eigenvalue weighted by atomic mass is 10.1. The second kappa shape index (κ2) is 6.20. The van der Waals surface area contributed by atoms with Crippen LogP contribution < -0.4 is 11.3 Å². The van der Waals surface area contributed by atoms with Crippen molar-refractivity contribution in [2.75, 3.05) is 19.5 Å². The second-order valence-corrected chi connectivity index (χ2v) is 4.34. The van der Waals surface area contributed by atoms with Crippen molar-refractivity contribution in [1.82, 2.24) is 4.57 Å². The summed E-state index contributed by atoms with van der Waals surface area (Å²) >= 11 is 0. The first-order valence-corrected chi connectivity index (χ1v) is 6.27. The van der Waals surface area contributed by atoms with Gasteiger partial charge in [0.1, 0.15) is 0 Å². The molecule has 1 aromatic carbocycles. The highest BCUT2D eigenvalue weighted by Gasteiger charge is 2.08. The third-order valence-electron chi connectivity index (χ3n) is 3.00. The molecule has 2 N–H and O–H groups in total. The van der Waals surface area contributed by atoms with E-state index in [4.69, 9.17) is 10.5 Å². The molecule has 2 rings (SSSR count). The molecule has 4 heteroatoms. The van der Waals surface area contributed by atoms with Gasteiger partial charge in [0.15, 0.2) is 0 Å². The van der Waals surface area contributed by atoms with Gasteiger partial charge in [-0.1, -0.05) is 30.3 Å².